The zero-order chi connectivity index (χ0) is 28.2. The number of hydrogen-bond donors (Lipinski definition) is 6. The molecule has 18 nitrogen and oxygen atoms in total. The minimum absolute atomic E-state index is 0.0103. The number of imidazole rings is 2. The van der Waals surface area contributed by atoms with Crippen LogP contribution in [0.25, 0.3) is 22.3 Å². The van der Waals surface area contributed by atoms with Crippen molar-refractivity contribution in [1.29, 1.82) is 0 Å². The molecule has 2 aliphatic rings. The van der Waals surface area contributed by atoms with E-state index in [2.05, 4.69) is 29.9 Å². The predicted octanol–water partition coefficient (Wildman–Crippen LogP) is -1.62. The Morgan fingerprint density at radius 1 is 1.12 bits per heavy atom. The van der Waals surface area contributed by atoms with Crippen molar-refractivity contribution in [2.24, 2.45) is 0 Å². The maximum absolute atomic E-state index is 12.2. The number of ether oxygens (including phenoxy) is 2. The first-order chi connectivity index (χ1) is 19.1. The molecule has 0 saturated carbocycles. The molecule has 0 spiro atoms. The fourth-order valence-electron chi connectivity index (χ4n) is 4.78. The SMILES string of the molecule is Nc1nc2c(ncn2[C@@H]2O[C@H](CO)C[C@H]2OP(O)(=S)OC[C@H]2O[C@@H](n3cnc4c(=O)[nH]cnc43)C[C@@H]2O)c(=O)[nH]1. The fourth-order valence-corrected chi connectivity index (χ4v) is 6.22. The molecule has 4 aromatic rings. The molecule has 40 heavy (non-hydrogen) atoms. The molecule has 214 valence electrons. The summed E-state index contributed by atoms with van der Waals surface area (Å²) in [5.74, 6) is -0.135. The number of aromatic amines is 2. The first-order valence-corrected chi connectivity index (χ1v) is 14.6. The van der Waals surface area contributed by atoms with E-state index in [9.17, 15) is 24.7 Å². The van der Waals surface area contributed by atoms with Crippen molar-refractivity contribution in [3.05, 3.63) is 39.7 Å². The van der Waals surface area contributed by atoms with Crippen LogP contribution in [0.4, 0.5) is 5.95 Å². The lowest BCUT2D eigenvalue weighted by Crippen LogP contribution is -2.27. The Morgan fingerprint density at radius 2 is 1.88 bits per heavy atom. The third-order valence-electron chi connectivity index (χ3n) is 6.62. The predicted molar refractivity (Wildman–Crippen MR) is 138 cm³/mol. The van der Waals surface area contributed by atoms with Crippen molar-refractivity contribution in [2.45, 2.75) is 49.7 Å². The number of rotatable bonds is 8. The van der Waals surface area contributed by atoms with Crippen molar-refractivity contribution in [2.75, 3.05) is 18.9 Å². The number of nitrogens with one attached hydrogen (secondary N) is 2. The van der Waals surface area contributed by atoms with Crippen molar-refractivity contribution in [3.8, 4) is 0 Å². The number of anilines is 1. The van der Waals surface area contributed by atoms with E-state index in [1.165, 1.54) is 28.1 Å². The highest BCUT2D eigenvalue weighted by molar-refractivity contribution is 8.07. The Hall–Kier alpha value is -3.13. The van der Waals surface area contributed by atoms with Gasteiger partial charge < -0.3 is 44.3 Å². The van der Waals surface area contributed by atoms with Gasteiger partial charge in [-0.25, -0.2) is 15.0 Å². The minimum Gasteiger partial charge on any atom is -0.394 e. The van der Waals surface area contributed by atoms with E-state index >= 15 is 0 Å². The number of aliphatic hydroxyl groups excluding tert-OH is 2. The molecule has 0 amide bonds. The fraction of sp³-hybridized carbons (Fsp3) is 0.500. The molecule has 6 rings (SSSR count). The molecule has 20 heteroatoms. The zero-order valence-electron chi connectivity index (χ0n) is 20.4. The second-order valence-electron chi connectivity index (χ2n) is 9.24. The normalized spacial score (nSPS) is 28.5. The van der Waals surface area contributed by atoms with E-state index in [4.69, 9.17) is 36.1 Å². The molecule has 7 N–H and O–H groups in total. The summed E-state index contributed by atoms with van der Waals surface area (Å²) in [4.78, 5) is 56.1. The number of fused-ring (bicyclic) bond motifs is 2. The molecule has 1 unspecified atom stereocenters. The molecule has 0 aromatic carbocycles. The van der Waals surface area contributed by atoms with E-state index in [0.29, 0.717) is 0 Å². The van der Waals surface area contributed by atoms with Crippen LogP contribution in [0.3, 0.4) is 0 Å². The van der Waals surface area contributed by atoms with Crippen molar-refractivity contribution >= 4 is 46.8 Å². The zero-order valence-corrected chi connectivity index (χ0v) is 22.1. The summed E-state index contributed by atoms with van der Waals surface area (Å²) < 4.78 is 26.0. The molecule has 2 aliphatic heterocycles. The summed E-state index contributed by atoms with van der Waals surface area (Å²) >= 11 is 5.22. The summed E-state index contributed by atoms with van der Waals surface area (Å²) in [5.41, 5.74) is 5.26. The minimum atomic E-state index is -3.94. The van der Waals surface area contributed by atoms with Crippen molar-refractivity contribution in [3.63, 3.8) is 0 Å². The van der Waals surface area contributed by atoms with Gasteiger partial charge in [0.05, 0.1) is 44.4 Å². The topological polar surface area (TPSA) is 251 Å². The first kappa shape index (κ1) is 27.1. The maximum Gasteiger partial charge on any atom is 0.325 e. The van der Waals surface area contributed by atoms with Crippen molar-refractivity contribution in [1.82, 2.24) is 39.0 Å². The highest BCUT2D eigenvalue weighted by Crippen LogP contribution is 2.50. The van der Waals surface area contributed by atoms with Crippen LogP contribution in [0.1, 0.15) is 25.3 Å². The monoisotopic (exact) mass is 597 g/mol. The maximum atomic E-state index is 12.2. The Bertz CT molecular complexity index is 1720. The van der Waals surface area contributed by atoms with Gasteiger partial charge in [0.25, 0.3) is 11.1 Å². The highest BCUT2D eigenvalue weighted by Gasteiger charge is 2.42. The molecular formula is C20H24N9O9PS. The lowest BCUT2D eigenvalue weighted by molar-refractivity contribution is -0.0544. The number of nitrogen functional groups attached to an aromatic ring is 1. The van der Waals surface area contributed by atoms with Gasteiger partial charge in [-0.05, 0) is 11.8 Å². The van der Waals surface area contributed by atoms with Gasteiger partial charge in [0.1, 0.15) is 18.4 Å². The smallest absolute Gasteiger partial charge is 0.325 e. The number of aliphatic hydroxyl groups is 2. The largest absolute Gasteiger partial charge is 0.394 e. The Balaban J connectivity index is 1.15. The third-order valence-corrected chi connectivity index (χ3v) is 8.21. The number of H-pyrrole nitrogens is 2. The van der Waals surface area contributed by atoms with E-state index in [1.807, 2.05) is 0 Å². The second kappa shape index (κ2) is 10.4. The molecule has 4 aromatic heterocycles. The molecule has 0 bridgehead atoms. The van der Waals surface area contributed by atoms with Crippen LogP contribution in [-0.4, -0.2) is 91.8 Å². The number of nitrogens with two attached hydrogens (primary N) is 1. The van der Waals surface area contributed by atoms with Gasteiger partial charge in [-0.1, -0.05) is 0 Å². The lowest BCUT2D eigenvalue weighted by atomic mass is 10.2. The average Bonchev–Trinajstić information content (AvgIpc) is 3.68. The molecule has 6 heterocycles. The molecule has 0 radical (unpaired) electrons. The quantitative estimate of drug-likeness (QED) is 0.125. The first-order valence-electron chi connectivity index (χ1n) is 12.0. The number of hydrogen-bond acceptors (Lipinski definition) is 14. The van der Waals surface area contributed by atoms with Crippen LogP contribution in [0, 0.1) is 0 Å². The average molecular weight is 598 g/mol. The lowest BCUT2D eigenvalue weighted by Gasteiger charge is -2.25. The van der Waals surface area contributed by atoms with Gasteiger partial charge in [0.15, 0.2) is 28.6 Å². The molecule has 2 fully saturated rings. The summed E-state index contributed by atoms with van der Waals surface area (Å²) in [6, 6.07) is 0. The molecule has 0 aliphatic carbocycles. The van der Waals surface area contributed by atoms with Crippen LogP contribution >= 0.6 is 6.72 Å². The number of nitrogens with zero attached hydrogens (tertiary/aromatic N) is 6. The summed E-state index contributed by atoms with van der Waals surface area (Å²) in [6.45, 7) is -4.60. The van der Waals surface area contributed by atoms with E-state index in [0.717, 1.165) is 0 Å². The van der Waals surface area contributed by atoms with Gasteiger partial charge in [-0.2, -0.15) is 4.98 Å². The van der Waals surface area contributed by atoms with Crippen LogP contribution in [0.5, 0.6) is 0 Å². The molecular weight excluding hydrogens is 573 g/mol. The van der Waals surface area contributed by atoms with E-state index in [-0.39, 0.29) is 54.3 Å². The Kier molecular flexibility index (Phi) is 7.01. The van der Waals surface area contributed by atoms with Gasteiger partial charge in [-0.15, -0.1) is 0 Å². The van der Waals surface area contributed by atoms with Gasteiger partial charge in [-0.3, -0.25) is 23.7 Å². The Labute approximate surface area is 228 Å². The van der Waals surface area contributed by atoms with Crippen LogP contribution < -0.4 is 16.9 Å². The standard InChI is InChI=1S/C20H24N9O9PS/c21-20-26-16-14(18(33)27-20)25-7-29(16)19-10(1-8(3-30)36-19)38-39(34,40)35-4-11-9(31)2-12(37-11)28-6-24-13-15(28)22-5-23-17(13)32/h5-12,19,30-31H,1-4H2,(H,34,40)(H,22,23,32)(H3,21,26,27,33)/t8-,9-,10+,11+,12+,19+,39?/m0/s1. The van der Waals surface area contributed by atoms with Crippen molar-refractivity contribution < 1.29 is 33.6 Å². The van der Waals surface area contributed by atoms with Crippen LogP contribution in [-0.2, 0) is 30.3 Å². The van der Waals surface area contributed by atoms with E-state index < -0.39 is 54.7 Å². The number of aromatic nitrogens is 8. The highest BCUT2D eigenvalue weighted by atomic mass is 32.5. The van der Waals surface area contributed by atoms with Crippen LogP contribution in [0.15, 0.2) is 28.6 Å². The Morgan fingerprint density at radius 3 is 2.65 bits per heavy atom. The third kappa shape index (κ3) is 4.95. The van der Waals surface area contributed by atoms with Gasteiger partial charge in [0, 0.05) is 12.8 Å². The molecule has 2 saturated heterocycles. The van der Waals surface area contributed by atoms with Crippen LogP contribution in [0.2, 0.25) is 0 Å². The second-order valence-corrected chi connectivity index (χ2v) is 12.0. The van der Waals surface area contributed by atoms with Gasteiger partial charge >= 0.3 is 6.72 Å². The molecule has 7 atom stereocenters. The van der Waals surface area contributed by atoms with Gasteiger partial charge in [0.2, 0.25) is 5.95 Å². The summed E-state index contributed by atoms with van der Waals surface area (Å²) in [7, 11) is 0. The summed E-state index contributed by atoms with van der Waals surface area (Å²) in [6.07, 6.45) is -0.939. The summed E-state index contributed by atoms with van der Waals surface area (Å²) in [5, 5.41) is 20.2. The van der Waals surface area contributed by atoms with E-state index in [1.54, 1.807) is 0 Å².